The number of esters is 3. The Labute approximate surface area is 399 Å². The number of unbranched alkanes of at least 4 members (excludes halogenated alkanes) is 36. The maximum Gasteiger partial charge on any atom is 0.306 e. The maximum absolute atomic E-state index is 12.8. The summed E-state index contributed by atoms with van der Waals surface area (Å²) in [6, 6.07) is 0. The van der Waals surface area contributed by atoms with Crippen molar-refractivity contribution in [3.63, 3.8) is 0 Å². The van der Waals surface area contributed by atoms with Gasteiger partial charge in [-0.05, 0) is 31.1 Å². The van der Waals surface area contributed by atoms with Crippen LogP contribution in [-0.4, -0.2) is 37.2 Å². The van der Waals surface area contributed by atoms with E-state index in [1.54, 1.807) is 0 Å². The van der Waals surface area contributed by atoms with E-state index in [0.29, 0.717) is 19.3 Å². The van der Waals surface area contributed by atoms with Gasteiger partial charge >= 0.3 is 17.9 Å². The van der Waals surface area contributed by atoms with Crippen molar-refractivity contribution < 1.29 is 28.6 Å². The standard InChI is InChI=1S/C58H112O6/c1-6-8-9-10-11-12-13-14-19-24-27-30-33-40-45-50-58(61)64-55(52-63-57(60)49-44-39-35-34-36-41-46-53(3)4)51-62-56(59)48-43-38-32-29-26-23-21-18-16-15-17-20-22-25-28-31-37-42-47-54(5)7-2/h53-55H,6-52H2,1-5H3/t54?,55-/m1/s1. The molecule has 0 bridgehead atoms. The molecular weight excluding hydrogens is 793 g/mol. The first-order chi connectivity index (χ1) is 31.3. The third kappa shape index (κ3) is 49.8. The van der Waals surface area contributed by atoms with E-state index in [4.69, 9.17) is 14.2 Å². The average molecular weight is 906 g/mol. The summed E-state index contributed by atoms with van der Waals surface area (Å²) in [5, 5.41) is 0. The molecule has 6 heteroatoms. The van der Waals surface area contributed by atoms with Gasteiger partial charge in [0.15, 0.2) is 6.10 Å². The van der Waals surface area contributed by atoms with Crippen molar-refractivity contribution in [1.82, 2.24) is 0 Å². The molecule has 0 N–H and O–H groups in total. The van der Waals surface area contributed by atoms with E-state index in [1.807, 2.05) is 0 Å². The van der Waals surface area contributed by atoms with Gasteiger partial charge in [0.25, 0.3) is 0 Å². The monoisotopic (exact) mass is 905 g/mol. The SMILES string of the molecule is CCCCCCCCCCCCCCCCCC(=O)O[C@H](COC(=O)CCCCCCCCCCCCCCCCCCCCC(C)CC)COC(=O)CCCCCCCCC(C)C. The van der Waals surface area contributed by atoms with E-state index in [-0.39, 0.29) is 31.1 Å². The smallest absolute Gasteiger partial charge is 0.306 e. The summed E-state index contributed by atoms with van der Waals surface area (Å²) in [6.07, 6.45) is 53.9. The molecule has 0 heterocycles. The van der Waals surface area contributed by atoms with Gasteiger partial charge in [-0.25, -0.2) is 0 Å². The van der Waals surface area contributed by atoms with Crippen molar-refractivity contribution in [2.24, 2.45) is 11.8 Å². The summed E-state index contributed by atoms with van der Waals surface area (Å²) in [4.78, 5) is 38.0. The quantitative estimate of drug-likeness (QED) is 0.0344. The first-order valence-electron chi connectivity index (χ1n) is 28.8. The predicted molar refractivity (Wildman–Crippen MR) is 275 cm³/mol. The van der Waals surface area contributed by atoms with Crippen LogP contribution in [0, 0.1) is 11.8 Å². The first-order valence-corrected chi connectivity index (χ1v) is 28.8. The minimum atomic E-state index is -0.762. The van der Waals surface area contributed by atoms with E-state index >= 15 is 0 Å². The Morgan fingerprint density at radius 1 is 0.328 bits per heavy atom. The van der Waals surface area contributed by atoms with Crippen LogP contribution < -0.4 is 0 Å². The molecule has 0 spiro atoms. The van der Waals surface area contributed by atoms with Crippen molar-refractivity contribution in [2.75, 3.05) is 13.2 Å². The van der Waals surface area contributed by atoms with E-state index in [1.165, 1.54) is 212 Å². The van der Waals surface area contributed by atoms with Crippen molar-refractivity contribution in [3.05, 3.63) is 0 Å². The molecule has 6 nitrogen and oxygen atoms in total. The van der Waals surface area contributed by atoms with Crippen molar-refractivity contribution in [1.29, 1.82) is 0 Å². The number of ether oxygens (including phenoxy) is 3. The Balaban J connectivity index is 4.17. The summed E-state index contributed by atoms with van der Waals surface area (Å²) in [7, 11) is 0. The van der Waals surface area contributed by atoms with Crippen LogP contribution in [0.15, 0.2) is 0 Å². The van der Waals surface area contributed by atoms with Crippen LogP contribution in [0.5, 0.6) is 0 Å². The van der Waals surface area contributed by atoms with Crippen molar-refractivity contribution in [3.8, 4) is 0 Å². The van der Waals surface area contributed by atoms with Crippen LogP contribution in [0.3, 0.4) is 0 Å². The molecule has 0 fully saturated rings. The zero-order valence-electron chi connectivity index (χ0n) is 43.9. The Hall–Kier alpha value is -1.59. The third-order valence-corrected chi connectivity index (χ3v) is 13.6. The van der Waals surface area contributed by atoms with Crippen LogP contribution in [0.1, 0.15) is 324 Å². The van der Waals surface area contributed by atoms with E-state index in [0.717, 1.165) is 69.6 Å². The molecule has 0 aliphatic carbocycles. The highest BCUT2D eigenvalue weighted by atomic mass is 16.6. The molecule has 0 aliphatic rings. The molecule has 380 valence electrons. The number of carbonyl (C=O) groups excluding carboxylic acids is 3. The average Bonchev–Trinajstić information content (AvgIpc) is 3.28. The molecule has 64 heavy (non-hydrogen) atoms. The fourth-order valence-electron chi connectivity index (χ4n) is 8.84. The normalized spacial score (nSPS) is 12.5. The molecule has 0 amide bonds. The molecule has 0 saturated heterocycles. The van der Waals surface area contributed by atoms with Crippen molar-refractivity contribution in [2.45, 2.75) is 330 Å². The first kappa shape index (κ1) is 62.4. The second-order valence-corrected chi connectivity index (χ2v) is 20.6. The van der Waals surface area contributed by atoms with Gasteiger partial charge in [0.1, 0.15) is 13.2 Å². The maximum atomic E-state index is 12.8. The Kier molecular flexibility index (Phi) is 49.6. The molecular formula is C58H112O6. The molecule has 0 rings (SSSR count). The highest BCUT2D eigenvalue weighted by Gasteiger charge is 2.19. The van der Waals surface area contributed by atoms with Gasteiger partial charge < -0.3 is 14.2 Å². The second kappa shape index (κ2) is 50.8. The molecule has 0 saturated carbocycles. The summed E-state index contributed by atoms with van der Waals surface area (Å²) in [5.41, 5.74) is 0. The van der Waals surface area contributed by atoms with Crippen molar-refractivity contribution >= 4 is 17.9 Å². The summed E-state index contributed by atoms with van der Waals surface area (Å²) in [6.45, 7) is 11.4. The lowest BCUT2D eigenvalue weighted by atomic mass is 9.99. The third-order valence-electron chi connectivity index (χ3n) is 13.6. The molecule has 1 unspecified atom stereocenters. The highest BCUT2D eigenvalue weighted by Crippen LogP contribution is 2.19. The Bertz CT molecular complexity index is 980. The predicted octanol–water partition coefficient (Wildman–Crippen LogP) is 18.9. The van der Waals surface area contributed by atoms with Gasteiger partial charge in [-0.3, -0.25) is 14.4 Å². The molecule has 0 aromatic carbocycles. The fraction of sp³-hybridized carbons (Fsp3) is 0.948. The van der Waals surface area contributed by atoms with Gasteiger partial charge in [0, 0.05) is 19.3 Å². The van der Waals surface area contributed by atoms with Gasteiger partial charge in [0.2, 0.25) is 0 Å². The van der Waals surface area contributed by atoms with E-state index in [2.05, 4.69) is 34.6 Å². The van der Waals surface area contributed by atoms with Gasteiger partial charge in [0.05, 0.1) is 0 Å². The van der Waals surface area contributed by atoms with Crippen LogP contribution in [0.2, 0.25) is 0 Å². The summed E-state index contributed by atoms with van der Waals surface area (Å²) < 4.78 is 16.8. The zero-order valence-corrected chi connectivity index (χ0v) is 43.9. The lowest BCUT2D eigenvalue weighted by Gasteiger charge is -2.18. The number of hydrogen-bond acceptors (Lipinski definition) is 6. The van der Waals surface area contributed by atoms with E-state index in [9.17, 15) is 14.4 Å². The lowest BCUT2D eigenvalue weighted by Crippen LogP contribution is -2.30. The minimum Gasteiger partial charge on any atom is -0.462 e. The molecule has 0 aromatic heterocycles. The molecule has 2 atom stereocenters. The van der Waals surface area contributed by atoms with Crippen LogP contribution in [-0.2, 0) is 28.6 Å². The topological polar surface area (TPSA) is 78.9 Å². The minimum absolute atomic E-state index is 0.0637. The summed E-state index contributed by atoms with van der Waals surface area (Å²) >= 11 is 0. The molecule has 0 aliphatic heterocycles. The largest absolute Gasteiger partial charge is 0.462 e. The van der Waals surface area contributed by atoms with E-state index < -0.39 is 6.10 Å². The van der Waals surface area contributed by atoms with Gasteiger partial charge in [-0.15, -0.1) is 0 Å². The zero-order chi connectivity index (χ0) is 46.8. The number of hydrogen-bond donors (Lipinski definition) is 0. The van der Waals surface area contributed by atoms with Gasteiger partial charge in [-0.1, -0.05) is 285 Å². The van der Waals surface area contributed by atoms with Crippen LogP contribution >= 0.6 is 0 Å². The fourth-order valence-corrected chi connectivity index (χ4v) is 8.84. The summed E-state index contributed by atoms with van der Waals surface area (Å²) in [5.74, 6) is 0.827. The highest BCUT2D eigenvalue weighted by molar-refractivity contribution is 5.71. The molecule has 0 aromatic rings. The van der Waals surface area contributed by atoms with Crippen LogP contribution in [0.25, 0.3) is 0 Å². The van der Waals surface area contributed by atoms with Crippen LogP contribution in [0.4, 0.5) is 0 Å². The van der Waals surface area contributed by atoms with Gasteiger partial charge in [-0.2, -0.15) is 0 Å². The molecule has 0 radical (unpaired) electrons. The Morgan fingerprint density at radius 2 is 0.594 bits per heavy atom. The number of rotatable bonds is 52. The number of carbonyl (C=O) groups is 3. The second-order valence-electron chi connectivity index (χ2n) is 20.6. The Morgan fingerprint density at radius 3 is 0.891 bits per heavy atom. The lowest BCUT2D eigenvalue weighted by molar-refractivity contribution is -0.167.